The van der Waals surface area contributed by atoms with Gasteiger partial charge in [-0.15, -0.1) is 0 Å². The molecule has 1 saturated heterocycles. The first-order valence-electron chi connectivity index (χ1n) is 12.4. The second-order valence-corrected chi connectivity index (χ2v) is 10.9. The van der Waals surface area contributed by atoms with Crippen molar-refractivity contribution in [3.8, 4) is 5.75 Å². The molecule has 5 rings (SSSR count). The van der Waals surface area contributed by atoms with Crippen molar-refractivity contribution in [3.05, 3.63) is 126 Å². The largest absolute Gasteiger partial charge is 0.388 e. The van der Waals surface area contributed by atoms with Crippen LogP contribution in [0.2, 0.25) is 0 Å². The molecule has 38 heavy (non-hydrogen) atoms. The fourth-order valence-corrected chi connectivity index (χ4v) is 5.84. The maximum Gasteiger partial charge on any atom is 0.339 e. The number of rotatable bonds is 9. The number of hydrogen-bond donors (Lipinski definition) is 1. The van der Waals surface area contributed by atoms with Gasteiger partial charge in [0, 0.05) is 18.2 Å². The minimum Gasteiger partial charge on any atom is -0.388 e. The summed E-state index contributed by atoms with van der Waals surface area (Å²) in [5, 5.41) is 10.6. The van der Waals surface area contributed by atoms with E-state index < -0.39 is 16.2 Å². The summed E-state index contributed by atoms with van der Waals surface area (Å²) in [5.41, 5.74) is 2.49. The lowest BCUT2D eigenvalue weighted by Gasteiger charge is -2.50. The van der Waals surface area contributed by atoms with Crippen LogP contribution in [0.15, 0.2) is 108 Å². The number of aliphatic hydroxyl groups is 1. The van der Waals surface area contributed by atoms with E-state index in [0.29, 0.717) is 24.9 Å². The molecule has 0 saturated carbocycles. The second-order valence-electron chi connectivity index (χ2n) is 9.40. The van der Waals surface area contributed by atoms with Crippen molar-refractivity contribution >= 4 is 15.8 Å². The van der Waals surface area contributed by atoms with Crippen molar-refractivity contribution in [2.24, 2.45) is 5.92 Å². The highest BCUT2D eigenvalue weighted by molar-refractivity contribution is 7.87. The smallest absolute Gasteiger partial charge is 0.339 e. The number of hydrogen-bond acceptors (Lipinski definition) is 5. The Balaban J connectivity index is 1.33. The highest BCUT2D eigenvalue weighted by atomic mass is 32.2. The molecular formula is C30H27F2NO4S. The summed E-state index contributed by atoms with van der Waals surface area (Å²) in [6, 6.07) is 27.0. The summed E-state index contributed by atoms with van der Waals surface area (Å²) in [7, 11) is -3.95. The molecule has 1 fully saturated rings. The summed E-state index contributed by atoms with van der Waals surface area (Å²) in [4.78, 5) is 2.23. The van der Waals surface area contributed by atoms with Crippen LogP contribution in [-0.2, 0) is 10.1 Å². The van der Waals surface area contributed by atoms with Crippen LogP contribution in [0.1, 0.15) is 36.1 Å². The first-order chi connectivity index (χ1) is 18.3. The third-order valence-corrected chi connectivity index (χ3v) is 8.16. The standard InChI is InChI=1S/C30H27F2NO4S/c31-24-11-6-21(7-12-24)29(34)19-10-23-20-33(26-15-13-25(32)14-16-26)30(23)22-8-17-27(18-9-22)37-38(35,36)28-4-2-1-3-5-28/h1-9,11-18,23,29-30,34H,10,19-20H2/t23?,29-,30+/m0/s1. The van der Waals surface area contributed by atoms with Crippen molar-refractivity contribution in [1.82, 2.24) is 0 Å². The Hall–Kier alpha value is -3.75. The van der Waals surface area contributed by atoms with E-state index in [1.54, 1.807) is 54.6 Å². The zero-order chi connectivity index (χ0) is 26.7. The van der Waals surface area contributed by atoms with Crippen molar-refractivity contribution in [3.63, 3.8) is 0 Å². The molecule has 8 heteroatoms. The van der Waals surface area contributed by atoms with Gasteiger partial charge in [-0.1, -0.05) is 42.5 Å². The minimum absolute atomic E-state index is 0.0549. The minimum atomic E-state index is -3.95. The Kier molecular flexibility index (Phi) is 7.44. The lowest BCUT2D eigenvalue weighted by molar-refractivity contribution is 0.144. The second kappa shape index (κ2) is 10.9. The van der Waals surface area contributed by atoms with Crippen LogP contribution in [0.3, 0.4) is 0 Å². The molecule has 4 aromatic rings. The molecule has 1 N–H and O–H groups in total. The van der Waals surface area contributed by atoms with E-state index in [4.69, 9.17) is 4.18 Å². The highest BCUT2D eigenvalue weighted by Crippen LogP contribution is 2.45. The predicted octanol–water partition coefficient (Wildman–Crippen LogP) is 6.42. The van der Waals surface area contributed by atoms with Crippen molar-refractivity contribution in [2.75, 3.05) is 11.4 Å². The first kappa shape index (κ1) is 25.9. The van der Waals surface area contributed by atoms with Crippen LogP contribution in [0, 0.1) is 17.6 Å². The number of aliphatic hydroxyl groups excluding tert-OH is 1. The van der Waals surface area contributed by atoms with Gasteiger partial charge in [0.05, 0.1) is 12.1 Å². The van der Waals surface area contributed by atoms with Gasteiger partial charge in [0.25, 0.3) is 0 Å². The summed E-state index contributed by atoms with van der Waals surface area (Å²) in [6.45, 7) is 0.715. The molecule has 4 aromatic carbocycles. The Bertz CT molecular complexity index is 1460. The van der Waals surface area contributed by atoms with E-state index in [1.807, 2.05) is 12.1 Å². The molecule has 0 aromatic heterocycles. The van der Waals surface area contributed by atoms with Gasteiger partial charge >= 0.3 is 10.1 Å². The fourth-order valence-electron chi connectivity index (χ4n) is 4.89. The molecule has 0 amide bonds. The Morgan fingerprint density at radius 1 is 0.842 bits per heavy atom. The molecule has 1 aliphatic heterocycles. The summed E-state index contributed by atoms with van der Waals surface area (Å²) >= 11 is 0. The van der Waals surface area contributed by atoms with Gasteiger partial charge in [0.2, 0.25) is 0 Å². The van der Waals surface area contributed by atoms with Crippen LogP contribution < -0.4 is 9.08 Å². The van der Waals surface area contributed by atoms with E-state index in [0.717, 1.165) is 11.3 Å². The number of halogens is 2. The molecule has 0 radical (unpaired) electrons. The lowest BCUT2D eigenvalue weighted by Crippen LogP contribution is -2.50. The van der Waals surface area contributed by atoms with Gasteiger partial charge in [-0.05, 0) is 84.6 Å². The normalized spacial score (nSPS) is 18.0. The summed E-state index contributed by atoms with van der Waals surface area (Å²) in [6.07, 6.45) is 0.498. The number of benzene rings is 4. The third-order valence-electron chi connectivity index (χ3n) is 6.90. The first-order valence-corrected chi connectivity index (χ1v) is 13.8. The monoisotopic (exact) mass is 535 g/mol. The van der Waals surface area contributed by atoms with Crippen LogP contribution in [-0.4, -0.2) is 20.1 Å². The average molecular weight is 536 g/mol. The van der Waals surface area contributed by atoms with Crippen LogP contribution >= 0.6 is 0 Å². The molecule has 3 atom stereocenters. The van der Waals surface area contributed by atoms with Gasteiger partial charge in [-0.3, -0.25) is 0 Å². The maximum atomic E-state index is 13.5. The number of nitrogens with zero attached hydrogens (tertiary/aromatic N) is 1. The molecule has 1 heterocycles. The summed E-state index contributed by atoms with van der Waals surface area (Å²) in [5.74, 6) is -0.270. The van der Waals surface area contributed by atoms with Crippen molar-refractivity contribution < 1.29 is 26.5 Å². The molecule has 0 aliphatic carbocycles. The SMILES string of the molecule is O=S(=O)(Oc1ccc([C@@H]2C(CC[C@H](O)c3ccc(F)cc3)CN2c2ccc(F)cc2)cc1)c1ccccc1. The molecule has 196 valence electrons. The van der Waals surface area contributed by atoms with Crippen LogP contribution in [0.5, 0.6) is 5.75 Å². The van der Waals surface area contributed by atoms with Gasteiger partial charge in [-0.25, -0.2) is 8.78 Å². The fraction of sp³-hybridized carbons (Fsp3) is 0.200. The maximum absolute atomic E-state index is 13.5. The Morgan fingerprint density at radius 3 is 2.08 bits per heavy atom. The molecule has 1 unspecified atom stereocenters. The van der Waals surface area contributed by atoms with Gasteiger partial charge < -0.3 is 14.2 Å². The molecule has 1 aliphatic rings. The predicted molar refractivity (Wildman–Crippen MR) is 141 cm³/mol. The van der Waals surface area contributed by atoms with Crippen LogP contribution in [0.25, 0.3) is 0 Å². The van der Waals surface area contributed by atoms with E-state index in [1.165, 1.54) is 36.4 Å². The zero-order valence-corrected chi connectivity index (χ0v) is 21.3. The molecular weight excluding hydrogens is 508 g/mol. The van der Waals surface area contributed by atoms with E-state index >= 15 is 0 Å². The van der Waals surface area contributed by atoms with Gasteiger partial charge in [0.15, 0.2) is 0 Å². The van der Waals surface area contributed by atoms with Crippen molar-refractivity contribution in [1.29, 1.82) is 0 Å². The molecule has 0 bridgehead atoms. The number of anilines is 1. The topological polar surface area (TPSA) is 66.8 Å². The zero-order valence-electron chi connectivity index (χ0n) is 20.5. The van der Waals surface area contributed by atoms with Crippen LogP contribution in [0.4, 0.5) is 14.5 Å². The van der Waals surface area contributed by atoms with E-state index in [9.17, 15) is 22.3 Å². The quantitative estimate of drug-likeness (QED) is 0.251. The third kappa shape index (κ3) is 5.71. The molecule has 0 spiro atoms. The Labute approximate surface area is 221 Å². The van der Waals surface area contributed by atoms with E-state index in [-0.39, 0.29) is 34.2 Å². The van der Waals surface area contributed by atoms with Crippen molar-refractivity contribution in [2.45, 2.75) is 29.9 Å². The summed E-state index contributed by atoms with van der Waals surface area (Å²) < 4.78 is 57.3. The van der Waals surface area contributed by atoms with Gasteiger partial charge in [0.1, 0.15) is 22.3 Å². The molecule has 5 nitrogen and oxygen atoms in total. The van der Waals surface area contributed by atoms with E-state index in [2.05, 4.69) is 4.90 Å². The average Bonchev–Trinajstić information content (AvgIpc) is 2.91. The lowest BCUT2D eigenvalue weighted by atomic mass is 9.79. The Morgan fingerprint density at radius 2 is 1.45 bits per heavy atom. The highest BCUT2D eigenvalue weighted by Gasteiger charge is 2.40. The van der Waals surface area contributed by atoms with Gasteiger partial charge in [-0.2, -0.15) is 8.42 Å².